The fraction of sp³-hybridized carbons (Fsp3) is 0.538. The van der Waals surface area contributed by atoms with Crippen LogP contribution in [0.15, 0.2) is 18.5 Å². The first-order chi connectivity index (χ1) is 8.63. The summed E-state index contributed by atoms with van der Waals surface area (Å²) in [5.41, 5.74) is 9.21. The van der Waals surface area contributed by atoms with Gasteiger partial charge in [-0.15, -0.1) is 0 Å². The normalized spacial score (nSPS) is 12.9. The van der Waals surface area contributed by atoms with Gasteiger partial charge in [-0.05, 0) is 26.3 Å². The van der Waals surface area contributed by atoms with Crippen molar-refractivity contribution in [1.82, 2.24) is 19.6 Å². The number of hydrogen-bond acceptors (Lipinski definition) is 3. The molecule has 0 saturated carbocycles. The number of aryl methyl sites for hydroxylation is 2. The van der Waals surface area contributed by atoms with E-state index in [1.807, 2.05) is 28.7 Å². The van der Waals surface area contributed by atoms with Crippen LogP contribution in [-0.2, 0) is 19.5 Å². The average Bonchev–Trinajstić information content (AvgIpc) is 2.96. The zero-order valence-corrected chi connectivity index (χ0v) is 11.3. The van der Waals surface area contributed by atoms with Crippen molar-refractivity contribution in [2.75, 3.05) is 0 Å². The Hall–Kier alpha value is -1.62. The second-order valence-corrected chi connectivity index (χ2v) is 4.56. The lowest BCUT2D eigenvalue weighted by molar-refractivity contribution is 0.573. The molecule has 0 spiro atoms. The molecule has 98 valence electrons. The third-order valence-corrected chi connectivity index (χ3v) is 3.08. The van der Waals surface area contributed by atoms with Crippen LogP contribution in [0.4, 0.5) is 0 Å². The quantitative estimate of drug-likeness (QED) is 0.875. The van der Waals surface area contributed by atoms with E-state index in [0.717, 1.165) is 30.8 Å². The van der Waals surface area contributed by atoms with Crippen LogP contribution in [0.1, 0.15) is 43.8 Å². The maximum Gasteiger partial charge on any atom is 0.0828 e. The number of hydrogen-bond donors (Lipinski definition) is 1. The first-order valence-electron chi connectivity index (χ1n) is 6.47. The lowest BCUT2D eigenvalue weighted by Gasteiger charge is -2.04. The number of aromatic nitrogens is 4. The molecular weight excluding hydrogens is 226 g/mol. The third kappa shape index (κ3) is 2.61. The Balaban J connectivity index is 2.19. The highest BCUT2D eigenvalue weighted by atomic mass is 15.3. The van der Waals surface area contributed by atoms with Crippen LogP contribution in [0, 0.1) is 0 Å². The van der Waals surface area contributed by atoms with E-state index in [2.05, 4.69) is 30.1 Å². The fourth-order valence-electron chi connectivity index (χ4n) is 1.96. The zero-order valence-electron chi connectivity index (χ0n) is 11.3. The smallest absolute Gasteiger partial charge is 0.0828 e. The molecule has 5 heteroatoms. The van der Waals surface area contributed by atoms with Gasteiger partial charge in [-0.2, -0.15) is 10.2 Å². The van der Waals surface area contributed by atoms with Crippen molar-refractivity contribution in [2.45, 2.75) is 46.3 Å². The van der Waals surface area contributed by atoms with Gasteiger partial charge in [0.15, 0.2) is 0 Å². The molecule has 18 heavy (non-hydrogen) atoms. The summed E-state index contributed by atoms with van der Waals surface area (Å²) in [6.45, 7) is 7.82. The summed E-state index contributed by atoms with van der Waals surface area (Å²) in [4.78, 5) is 0. The van der Waals surface area contributed by atoms with E-state index >= 15 is 0 Å². The van der Waals surface area contributed by atoms with Crippen molar-refractivity contribution in [2.24, 2.45) is 5.73 Å². The Kier molecular flexibility index (Phi) is 3.81. The minimum absolute atomic E-state index is 0.0287. The van der Waals surface area contributed by atoms with Gasteiger partial charge >= 0.3 is 0 Å². The van der Waals surface area contributed by atoms with Crippen LogP contribution in [-0.4, -0.2) is 19.6 Å². The lowest BCUT2D eigenvalue weighted by atomic mass is 10.2. The molecule has 0 aliphatic rings. The highest BCUT2D eigenvalue weighted by molar-refractivity contribution is 5.13. The van der Waals surface area contributed by atoms with E-state index in [0.29, 0.717) is 0 Å². The van der Waals surface area contributed by atoms with Gasteiger partial charge in [0.1, 0.15) is 0 Å². The van der Waals surface area contributed by atoms with Gasteiger partial charge in [-0.3, -0.25) is 9.36 Å². The van der Waals surface area contributed by atoms with Gasteiger partial charge < -0.3 is 5.73 Å². The molecule has 0 saturated heterocycles. The molecule has 2 aromatic rings. The predicted molar refractivity (Wildman–Crippen MR) is 71.2 cm³/mol. The Morgan fingerprint density at radius 1 is 1.39 bits per heavy atom. The molecule has 0 bridgehead atoms. The van der Waals surface area contributed by atoms with Gasteiger partial charge in [0.05, 0.1) is 24.1 Å². The van der Waals surface area contributed by atoms with Gasteiger partial charge in [-0.25, -0.2) is 0 Å². The second-order valence-electron chi connectivity index (χ2n) is 4.56. The monoisotopic (exact) mass is 247 g/mol. The van der Waals surface area contributed by atoms with Crippen molar-refractivity contribution in [1.29, 1.82) is 0 Å². The Morgan fingerprint density at radius 2 is 2.17 bits per heavy atom. The van der Waals surface area contributed by atoms with Crippen molar-refractivity contribution < 1.29 is 0 Å². The molecule has 2 rings (SSSR count). The summed E-state index contributed by atoms with van der Waals surface area (Å²) in [7, 11) is 0. The minimum Gasteiger partial charge on any atom is -0.324 e. The molecule has 1 unspecified atom stereocenters. The summed E-state index contributed by atoms with van der Waals surface area (Å²) in [5.74, 6) is 0. The minimum atomic E-state index is 0.0287. The van der Waals surface area contributed by atoms with Crippen LogP contribution in [0.2, 0.25) is 0 Å². The summed E-state index contributed by atoms with van der Waals surface area (Å²) >= 11 is 0. The van der Waals surface area contributed by atoms with Crippen LogP contribution >= 0.6 is 0 Å². The molecule has 0 aliphatic carbocycles. The van der Waals surface area contributed by atoms with Crippen LogP contribution < -0.4 is 5.73 Å². The SMILES string of the molecule is CCc1cc(Cn2cc(C(C)N)cn2)n(CC)n1. The number of nitrogens with zero attached hydrogens (tertiary/aromatic N) is 4. The van der Waals surface area contributed by atoms with Crippen LogP contribution in [0.3, 0.4) is 0 Å². The van der Waals surface area contributed by atoms with E-state index in [9.17, 15) is 0 Å². The van der Waals surface area contributed by atoms with E-state index < -0.39 is 0 Å². The first-order valence-corrected chi connectivity index (χ1v) is 6.47. The standard InChI is InChI=1S/C13H21N5/c1-4-12-6-13(18(5-2)16-12)9-17-8-11(7-15-17)10(3)14/h6-8,10H,4-5,9,14H2,1-3H3. The van der Waals surface area contributed by atoms with Crippen molar-refractivity contribution in [3.8, 4) is 0 Å². The van der Waals surface area contributed by atoms with E-state index in [4.69, 9.17) is 5.73 Å². The predicted octanol–water partition coefficient (Wildman–Crippen LogP) is 1.73. The molecule has 0 aromatic carbocycles. The topological polar surface area (TPSA) is 61.7 Å². The van der Waals surface area contributed by atoms with Crippen LogP contribution in [0.5, 0.6) is 0 Å². The molecule has 2 aromatic heterocycles. The zero-order chi connectivity index (χ0) is 13.1. The third-order valence-electron chi connectivity index (χ3n) is 3.08. The van der Waals surface area contributed by atoms with Gasteiger partial charge in [0.25, 0.3) is 0 Å². The summed E-state index contributed by atoms with van der Waals surface area (Å²) in [6, 6.07) is 2.18. The fourth-order valence-corrected chi connectivity index (χ4v) is 1.96. The Bertz CT molecular complexity index is 509. The van der Waals surface area contributed by atoms with Crippen molar-refractivity contribution in [3.63, 3.8) is 0 Å². The van der Waals surface area contributed by atoms with Crippen molar-refractivity contribution >= 4 is 0 Å². The summed E-state index contributed by atoms with van der Waals surface area (Å²) in [5, 5.41) is 8.87. The van der Waals surface area contributed by atoms with E-state index in [-0.39, 0.29) is 6.04 Å². The number of rotatable bonds is 5. The van der Waals surface area contributed by atoms with Gasteiger partial charge in [0.2, 0.25) is 0 Å². The maximum absolute atomic E-state index is 5.83. The highest BCUT2D eigenvalue weighted by Crippen LogP contribution is 2.11. The Morgan fingerprint density at radius 3 is 2.72 bits per heavy atom. The molecule has 0 radical (unpaired) electrons. The van der Waals surface area contributed by atoms with Gasteiger partial charge in [-0.1, -0.05) is 6.92 Å². The lowest BCUT2D eigenvalue weighted by Crippen LogP contribution is -2.08. The van der Waals surface area contributed by atoms with Crippen molar-refractivity contribution in [3.05, 3.63) is 35.4 Å². The molecule has 1 atom stereocenters. The molecular formula is C13H21N5. The second kappa shape index (κ2) is 5.35. The van der Waals surface area contributed by atoms with Crippen LogP contribution in [0.25, 0.3) is 0 Å². The summed E-state index contributed by atoms with van der Waals surface area (Å²) in [6.07, 6.45) is 4.80. The molecule has 0 fully saturated rings. The number of nitrogens with two attached hydrogens (primary N) is 1. The molecule has 0 aliphatic heterocycles. The average molecular weight is 247 g/mol. The summed E-state index contributed by atoms with van der Waals surface area (Å²) < 4.78 is 3.95. The van der Waals surface area contributed by atoms with Gasteiger partial charge in [0, 0.05) is 24.3 Å². The van der Waals surface area contributed by atoms with E-state index in [1.165, 1.54) is 5.69 Å². The largest absolute Gasteiger partial charge is 0.324 e. The molecule has 2 heterocycles. The first kappa shape index (κ1) is 12.8. The Labute approximate surface area is 108 Å². The molecule has 2 N–H and O–H groups in total. The van der Waals surface area contributed by atoms with E-state index in [1.54, 1.807) is 0 Å². The highest BCUT2D eigenvalue weighted by Gasteiger charge is 2.08. The maximum atomic E-state index is 5.83. The molecule has 5 nitrogen and oxygen atoms in total. The molecule has 0 amide bonds.